The second-order valence-electron chi connectivity index (χ2n) is 5.63. The van der Waals surface area contributed by atoms with Crippen molar-refractivity contribution >= 4 is 30.7 Å². The maximum atomic E-state index is 13.5. The molecule has 0 atom stereocenters. The number of halogens is 1. The van der Waals surface area contributed by atoms with Crippen molar-refractivity contribution in [3.63, 3.8) is 0 Å². The second kappa shape index (κ2) is 6.32. The molecule has 0 nitrogen and oxygen atoms in total. The molecule has 0 aliphatic rings. The van der Waals surface area contributed by atoms with Crippen LogP contribution in [0.15, 0.2) is 84.9 Å². The average Bonchev–Trinajstić information content (AvgIpc) is 2.56. The zero-order valence-corrected chi connectivity index (χ0v) is 13.5. The minimum absolute atomic E-state index is 0.189. The minimum Gasteiger partial charge on any atom is -0.282 e. The maximum Gasteiger partial charge on any atom is 0.119 e. The molecule has 0 spiro atoms. The van der Waals surface area contributed by atoms with E-state index in [4.69, 9.17) is 0 Å². The van der Waals surface area contributed by atoms with E-state index in [0.717, 1.165) is 5.46 Å². The van der Waals surface area contributed by atoms with Crippen molar-refractivity contribution in [2.75, 3.05) is 0 Å². The highest BCUT2D eigenvalue weighted by molar-refractivity contribution is 7.40. The molecule has 3 aromatic rings. The first kappa shape index (κ1) is 14.8. The van der Waals surface area contributed by atoms with E-state index >= 15 is 0 Å². The van der Waals surface area contributed by atoms with E-state index in [2.05, 4.69) is 61.9 Å². The van der Waals surface area contributed by atoms with Gasteiger partial charge in [0.25, 0.3) is 0 Å². The summed E-state index contributed by atoms with van der Waals surface area (Å²) in [7, 11) is -2.06. The first-order chi connectivity index (χ1) is 10.7. The summed E-state index contributed by atoms with van der Waals surface area (Å²) in [5, 5.41) is 2.65. The highest BCUT2D eigenvalue weighted by Crippen LogP contribution is 2.05. The number of rotatable bonds is 4. The Morgan fingerprint density at radius 1 is 0.727 bits per heavy atom. The van der Waals surface area contributed by atoms with Crippen LogP contribution < -0.4 is 15.8 Å². The molecule has 2 radical (unpaired) electrons. The first-order valence-corrected chi connectivity index (χ1v) is 9.99. The third kappa shape index (κ3) is 3.05. The SMILES string of the molecule is C[Si]([B-]c1cccc(F)c1)(c1ccccc1)c1ccccc1. The van der Waals surface area contributed by atoms with Gasteiger partial charge in [0.1, 0.15) is 5.82 Å². The number of benzene rings is 3. The highest BCUT2D eigenvalue weighted by atomic mass is 28.3. The van der Waals surface area contributed by atoms with Gasteiger partial charge in [0.05, 0.1) is 0 Å². The van der Waals surface area contributed by atoms with Crippen LogP contribution in [0.1, 0.15) is 0 Å². The molecule has 0 aromatic heterocycles. The Labute approximate surface area is 132 Å². The summed E-state index contributed by atoms with van der Waals surface area (Å²) in [4.78, 5) is 0. The second-order valence-corrected chi connectivity index (χ2v) is 9.48. The monoisotopic (exact) mass is 303 g/mol. The van der Waals surface area contributed by atoms with E-state index in [1.54, 1.807) is 12.1 Å². The maximum absolute atomic E-state index is 13.5. The van der Waals surface area contributed by atoms with Crippen molar-refractivity contribution in [3.05, 3.63) is 90.7 Å². The Bertz CT molecular complexity index is 704. The van der Waals surface area contributed by atoms with Crippen LogP contribution in [0.3, 0.4) is 0 Å². The van der Waals surface area contributed by atoms with Crippen molar-refractivity contribution < 1.29 is 4.39 Å². The number of hydrogen-bond donors (Lipinski definition) is 0. The van der Waals surface area contributed by atoms with Crippen LogP contribution in [0.4, 0.5) is 4.39 Å². The zero-order chi connectivity index (χ0) is 15.4. The molecule has 0 fully saturated rings. The topological polar surface area (TPSA) is 0 Å². The van der Waals surface area contributed by atoms with Crippen molar-refractivity contribution in [2.45, 2.75) is 6.55 Å². The van der Waals surface area contributed by atoms with Crippen LogP contribution in [0, 0.1) is 5.82 Å². The van der Waals surface area contributed by atoms with Crippen molar-refractivity contribution in [2.24, 2.45) is 0 Å². The molecule has 3 aromatic carbocycles. The van der Waals surface area contributed by atoms with E-state index in [9.17, 15) is 4.39 Å². The van der Waals surface area contributed by atoms with Crippen molar-refractivity contribution in [1.29, 1.82) is 0 Å². The van der Waals surface area contributed by atoms with Crippen LogP contribution in [-0.4, -0.2) is 14.8 Å². The third-order valence-corrected chi connectivity index (χ3v) is 8.03. The molecule has 3 rings (SSSR count). The molecule has 0 saturated carbocycles. The lowest BCUT2D eigenvalue weighted by Gasteiger charge is -2.42. The molecule has 0 aliphatic carbocycles. The van der Waals surface area contributed by atoms with Gasteiger partial charge in [0.15, 0.2) is 0 Å². The molecule has 0 saturated heterocycles. The Morgan fingerprint density at radius 3 is 1.77 bits per heavy atom. The molecule has 0 amide bonds. The Balaban J connectivity index is 2.08. The van der Waals surface area contributed by atoms with Gasteiger partial charge < -0.3 is 0 Å². The summed E-state index contributed by atoms with van der Waals surface area (Å²) in [5.74, 6) is -0.189. The summed E-state index contributed by atoms with van der Waals surface area (Å²) in [6.45, 7) is 4.57. The molecule has 0 N–H and O–H groups in total. The van der Waals surface area contributed by atoms with E-state index in [1.807, 2.05) is 18.2 Å². The van der Waals surface area contributed by atoms with Gasteiger partial charge in [-0.25, -0.2) is 4.39 Å². The molecule has 0 bridgehead atoms. The predicted molar refractivity (Wildman–Crippen MR) is 95.6 cm³/mol. The van der Waals surface area contributed by atoms with Crippen LogP contribution in [-0.2, 0) is 0 Å². The predicted octanol–water partition coefficient (Wildman–Crippen LogP) is 2.54. The molecule has 0 heterocycles. The van der Waals surface area contributed by atoms with Gasteiger partial charge in [-0.3, -0.25) is 12.3 Å². The minimum atomic E-state index is -2.06. The zero-order valence-electron chi connectivity index (χ0n) is 12.5. The lowest BCUT2D eigenvalue weighted by Crippen LogP contribution is -2.63. The van der Waals surface area contributed by atoms with E-state index in [0.29, 0.717) is 0 Å². The van der Waals surface area contributed by atoms with E-state index in [-0.39, 0.29) is 5.82 Å². The lowest BCUT2D eigenvalue weighted by atomic mass is 9.94. The van der Waals surface area contributed by atoms with Gasteiger partial charge in [0.2, 0.25) is 0 Å². The standard InChI is InChI=1S/C19H17BFSi/c1-22(18-11-4-2-5-12-18,19-13-6-3-7-14-19)20-16-9-8-10-17(21)15-16/h2-15H,1H3/q-1. The van der Waals surface area contributed by atoms with Gasteiger partial charge >= 0.3 is 0 Å². The van der Waals surface area contributed by atoms with Gasteiger partial charge in [-0.05, 0) is 6.07 Å². The fourth-order valence-electron chi connectivity index (χ4n) is 2.83. The van der Waals surface area contributed by atoms with Gasteiger partial charge in [-0.2, -0.15) is 0 Å². The Hall–Kier alpha value is -2.13. The van der Waals surface area contributed by atoms with E-state index < -0.39 is 7.94 Å². The summed E-state index contributed by atoms with van der Waals surface area (Å²) in [6.07, 6.45) is 0. The first-order valence-electron chi connectivity index (χ1n) is 7.41. The summed E-state index contributed by atoms with van der Waals surface area (Å²) in [6, 6.07) is 27.9. The normalized spacial score (nSPS) is 11.4. The summed E-state index contributed by atoms with van der Waals surface area (Å²) >= 11 is 0. The summed E-state index contributed by atoms with van der Waals surface area (Å²) < 4.78 is 13.5. The molecular weight excluding hydrogens is 286 g/mol. The van der Waals surface area contributed by atoms with Gasteiger partial charge in [-0.1, -0.05) is 97.7 Å². The van der Waals surface area contributed by atoms with E-state index in [1.165, 1.54) is 16.4 Å². The van der Waals surface area contributed by atoms with Crippen LogP contribution >= 0.6 is 0 Å². The van der Waals surface area contributed by atoms with Gasteiger partial charge in [0, 0.05) is 0 Å². The van der Waals surface area contributed by atoms with Crippen molar-refractivity contribution in [1.82, 2.24) is 0 Å². The number of hydrogen-bond acceptors (Lipinski definition) is 0. The Morgan fingerprint density at radius 2 is 1.27 bits per heavy atom. The molecule has 3 heteroatoms. The van der Waals surface area contributed by atoms with Crippen LogP contribution in [0.5, 0.6) is 0 Å². The molecule has 0 unspecified atom stereocenters. The third-order valence-electron chi connectivity index (χ3n) is 4.05. The quantitative estimate of drug-likeness (QED) is 0.650. The average molecular weight is 303 g/mol. The van der Waals surface area contributed by atoms with Crippen LogP contribution in [0.25, 0.3) is 0 Å². The highest BCUT2D eigenvalue weighted by Gasteiger charge is 2.19. The van der Waals surface area contributed by atoms with Crippen LogP contribution in [0.2, 0.25) is 6.55 Å². The summed E-state index contributed by atoms with van der Waals surface area (Å²) in [5.41, 5.74) is 0.946. The molecule has 108 valence electrons. The Kier molecular flexibility index (Phi) is 4.25. The fourth-order valence-corrected chi connectivity index (χ4v) is 6.11. The lowest BCUT2D eigenvalue weighted by molar-refractivity contribution is 0.629. The molecule has 0 aliphatic heterocycles. The fraction of sp³-hybridized carbons (Fsp3) is 0.0526. The largest absolute Gasteiger partial charge is 0.282 e. The smallest absolute Gasteiger partial charge is 0.119 e. The van der Waals surface area contributed by atoms with Crippen molar-refractivity contribution in [3.8, 4) is 0 Å². The molecular formula is C19H17BFSi-. The molecule has 22 heavy (non-hydrogen) atoms. The van der Waals surface area contributed by atoms with Gasteiger partial charge in [-0.15, -0.1) is 6.07 Å².